The molecule has 0 aliphatic carbocycles. The summed E-state index contributed by atoms with van der Waals surface area (Å²) in [5.41, 5.74) is 5.54. The van der Waals surface area contributed by atoms with Crippen molar-refractivity contribution in [2.45, 2.75) is 70.2 Å². The Morgan fingerprint density at radius 2 is 1.92 bits per heavy atom. The van der Waals surface area contributed by atoms with Crippen LogP contribution in [0.1, 0.15) is 57.6 Å². The van der Waals surface area contributed by atoms with E-state index in [1.54, 1.807) is 6.07 Å². The van der Waals surface area contributed by atoms with E-state index in [0.29, 0.717) is 6.42 Å². The number of carbonyl (C=O) groups is 1. The van der Waals surface area contributed by atoms with Gasteiger partial charge in [0.2, 0.25) is 5.91 Å². The van der Waals surface area contributed by atoms with E-state index in [9.17, 15) is 9.90 Å². The lowest BCUT2D eigenvalue weighted by Gasteiger charge is -2.41. The van der Waals surface area contributed by atoms with E-state index in [1.807, 2.05) is 0 Å². The van der Waals surface area contributed by atoms with E-state index in [0.717, 1.165) is 6.07 Å². The fraction of sp³-hybridized carbons (Fsp3) is 0.536. The highest BCUT2D eigenvalue weighted by Gasteiger charge is 2.58. The standard InChI is InChI=1S/C28H37Cl2F2N3O3/c1-15(2)27(3,4)13-22-28(33,19-9-8-16(29)12-21(19)31)23(18-6-5-7-20(30)24(18)32)25(35-22)26(38)34-11-10-17(37)14-36/h5-9,12,15,17,22-23,25,35-37H,10-11,13-14,33H2,1-4H3,(H,34,38). The first-order valence-electron chi connectivity index (χ1n) is 12.7. The van der Waals surface area contributed by atoms with Crippen LogP contribution in [0.5, 0.6) is 0 Å². The molecule has 6 nitrogen and oxygen atoms in total. The van der Waals surface area contributed by atoms with Gasteiger partial charge in [0.15, 0.2) is 0 Å². The van der Waals surface area contributed by atoms with Gasteiger partial charge in [0.05, 0.1) is 29.3 Å². The summed E-state index contributed by atoms with van der Waals surface area (Å²) < 4.78 is 31.2. The molecule has 5 unspecified atom stereocenters. The molecule has 1 saturated heterocycles. The molecule has 210 valence electrons. The minimum Gasteiger partial charge on any atom is -0.394 e. The fourth-order valence-electron chi connectivity index (χ4n) is 5.12. The van der Waals surface area contributed by atoms with Crippen molar-refractivity contribution in [3.63, 3.8) is 0 Å². The summed E-state index contributed by atoms with van der Waals surface area (Å²) in [5, 5.41) is 24.9. The summed E-state index contributed by atoms with van der Waals surface area (Å²) in [5.74, 6) is -2.71. The predicted molar refractivity (Wildman–Crippen MR) is 146 cm³/mol. The number of nitrogens with one attached hydrogen (secondary N) is 2. The van der Waals surface area contributed by atoms with Crippen LogP contribution in [0, 0.1) is 23.0 Å². The number of benzene rings is 2. The van der Waals surface area contributed by atoms with E-state index < -0.39 is 53.8 Å². The normalized spacial score (nSPS) is 24.6. The average molecular weight is 573 g/mol. The smallest absolute Gasteiger partial charge is 0.237 e. The van der Waals surface area contributed by atoms with Gasteiger partial charge in [0, 0.05) is 29.1 Å². The SMILES string of the molecule is CC(C)C(C)(C)CC1NC(C(=O)NCCC(O)CO)C(c2cccc(Cl)c2F)C1(N)c1ccc(Cl)cc1F. The zero-order valence-corrected chi connectivity index (χ0v) is 23.6. The third kappa shape index (κ3) is 6.16. The Morgan fingerprint density at radius 3 is 2.53 bits per heavy atom. The van der Waals surface area contributed by atoms with Gasteiger partial charge in [-0.1, -0.05) is 69.1 Å². The monoisotopic (exact) mass is 571 g/mol. The summed E-state index contributed by atoms with van der Waals surface area (Å²) in [6.07, 6.45) is -0.423. The van der Waals surface area contributed by atoms with E-state index in [4.69, 9.17) is 34.0 Å². The molecule has 0 bridgehead atoms. The van der Waals surface area contributed by atoms with Crippen molar-refractivity contribution in [2.75, 3.05) is 13.2 Å². The third-order valence-corrected chi connectivity index (χ3v) is 8.61. The van der Waals surface area contributed by atoms with Gasteiger partial charge in [-0.25, -0.2) is 8.78 Å². The molecule has 0 saturated carbocycles. The number of hydrogen-bond acceptors (Lipinski definition) is 5. The number of amides is 1. The molecule has 0 radical (unpaired) electrons. The Balaban J connectivity index is 2.20. The molecule has 1 aliphatic heterocycles. The lowest BCUT2D eigenvalue weighted by Crippen LogP contribution is -2.53. The first kappa shape index (κ1) is 30.7. The zero-order valence-electron chi connectivity index (χ0n) is 22.1. The third-order valence-electron chi connectivity index (χ3n) is 8.08. The molecule has 6 N–H and O–H groups in total. The highest BCUT2D eigenvalue weighted by Crippen LogP contribution is 2.50. The Labute approximate surface area is 232 Å². The van der Waals surface area contributed by atoms with Crippen molar-refractivity contribution in [1.29, 1.82) is 0 Å². The second-order valence-electron chi connectivity index (χ2n) is 11.1. The first-order valence-corrected chi connectivity index (χ1v) is 13.5. The van der Waals surface area contributed by atoms with Gasteiger partial charge in [-0.05, 0) is 47.9 Å². The Bertz CT molecular complexity index is 1150. The second-order valence-corrected chi connectivity index (χ2v) is 12.0. The predicted octanol–water partition coefficient (Wildman–Crippen LogP) is 4.48. The lowest BCUT2D eigenvalue weighted by molar-refractivity contribution is -0.123. The summed E-state index contributed by atoms with van der Waals surface area (Å²) in [7, 11) is 0. The van der Waals surface area contributed by atoms with Gasteiger partial charge in [0.25, 0.3) is 0 Å². The lowest BCUT2D eigenvalue weighted by atomic mass is 9.66. The van der Waals surface area contributed by atoms with Crippen molar-refractivity contribution in [3.8, 4) is 0 Å². The Hall–Kier alpha value is -1.81. The number of carbonyl (C=O) groups excluding carboxylic acids is 1. The molecule has 3 rings (SSSR count). The molecule has 0 spiro atoms. The summed E-state index contributed by atoms with van der Waals surface area (Å²) in [4.78, 5) is 13.6. The highest BCUT2D eigenvalue weighted by molar-refractivity contribution is 6.31. The number of rotatable bonds is 10. The molecule has 1 heterocycles. The molecule has 1 aliphatic rings. The number of aliphatic hydroxyl groups is 2. The molecule has 1 amide bonds. The zero-order chi connectivity index (χ0) is 28.4. The van der Waals surface area contributed by atoms with Crippen LogP contribution >= 0.6 is 23.2 Å². The summed E-state index contributed by atoms with van der Waals surface area (Å²) >= 11 is 12.2. The minimum absolute atomic E-state index is 0.0680. The van der Waals surface area contributed by atoms with E-state index in [1.165, 1.54) is 24.3 Å². The molecule has 2 aromatic carbocycles. The number of hydrogen-bond donors (Lipinski definition) is 5. The quantitative estimate of drug-likeness (QED) is 0.289. The van der Waals surface area contributed by atoms with Gasteiger partial charge in [-0.15, -0.1) is 0 Å². The maximum absolute atomic E-state index is 15.6. The van der Waals surface area contributed by atoms with Gasteiger partial charge in [0.1, 0.15) is 11.6 Å². The number of halogens is 4. The maximum Gasteiger partial charge on any atom is 0.237 e. The molecule has 10 heteroatoms. The molecule has 38 heavy (non-hydrogen) atoms. The van der Waals surface area contributed by atoms with Gasteiger partial charge >= 0.3 is 0 Å². The number of aliphatic hydroxyl groups excluding tert-OH is 2. The van der Waals surface area contributed by atoms with Gasteiger partial charge in [-0.3, -0.25) is 4.79 Å². The molecular formula is C28H37Cl2F2N3O3. The average Bonchev–Trinajstić information content (AvgIpc) is 3.12. The van der Waals surface area contributed by atoms with Gasteiger partial charge in [-0.2, -0.15) is 0 Å². The molecule has 1 fully saturated rings. The second kappa shape index (κ2) is 12.1. The van der Waals surface area contributed by atoms with Gasteiger partial charge < -0.3 is 26.6 Å². The Kier molecular flexibility index (Phi) is 9.82. The number of nitrogens with two attached hydrogens (primary N) is 1. The van der Waals surface area contributed by atoms with Crippen LogP contribution in [0.3, 0.4) is 0 Å². The van der Waals surface area contributed by atoms with Crippen LogP contribution in [-0.4, -0.2) is 47.5 Å². The summed E-state index contributed by atoms with van der Waals surface area (Å²) in [6.45, 7) is 7.90. The fourth-order valence-corrected chi connectivity index (χ4v) is 5.46. The molecule has 5 atom stereocenters. The maximum atomic E-state index is 15.6. The van der Waals surface area contributed by atoms with Crippen molar-refractivity contribution in [1.82, 2.24) is 10.6 Å². The first-order chi connectivity index (χ1) is 17.7. The van der Waals surface area contributed by atoms with Crippen LogP contribution in [0.15, 0.2) is 36.4 Å². The van der Waals surface area contributed by atoms with Crippen molar-refractivity contribution in [3.05, 3.63) is 69.2 Å². The van der Waals surface area contributed by atoms with Crippen LogP contribution in [-0.2, 0) is 10.3 Å². The van der Waals surface area contributed by atoms with Crippen LogP contribution in [0.2, 0.25) is 10.0 Å². The topological polar surface area (TPSA) is 108 Å². The van der Waals surface area contributed by atoms with Crippen molar-refractivity contribution >= 4 is 29.1 Å². The molecule has 0 aromatic heterocycles. The highest BCUT2D eigenvalue weighted by atomic mass is 35.5. The van der Waals surface area contributed by atoms with Crippen LogP contribution < -0.4 is 16.4 Å². The van der Waals surface area contributed by atoms with E-state index >= 15 is 8.78 Å². The van der Waals surface area contributed by atoms with E-state index in [2.05, 4.69) is 38.3 Å². The Morgan fingerprint density at radius 1 is 1.24 bits per heavy atom. The molecule has 2 aromatic rings. The minimum atomic E-state index is -1.57. The largest absolute Gasteiger partial charge is 0.394 e. The molecular weight excluding hydrogens is 535 g/mol. The van der Waals surface area contributed by atoms with Crippen LogP contribution in [0.4, 0.5) is 8.78 Å². The van der Waals surface area contributed by atoms with Crippen molar-refractivity contribution in [2.24, 2.45) is 17.1 Å². The van der Waals surface area contributed by atoms with Crippen molar-refractivity contribution < 1.29 is 23.8 Å². The summed E-state index contributed by atoms with van der Waals surface area (Å²) in [6, 6.07) is 6.95. The van der Waals surface area contributed by atoms with Crippen LogP contribution in [0.25, 0.3) is 0 Å². The van der Waals surface area contributed by atoms with E-state index in [-0.39, 0.29) is 45.5 Å².